The van der Waals surface area contributed by atoms with Gasteiger partial charge in [0.15, 0.2) is 4.80 Å². The van der Waals surface area contributed by atoms with Crippen molar-refractivity contribution in [3.8, 4) is 5.75 Å². The molecule has 0 saturated heterocycles. The van der Waals surface area contributed by atoms with Gasteiger partial charge in [-0.1, -0.05) is 29.5 Å². The Morgan fingerprint density at radius 3 is 2.77 bits per heavy atom. The molecule has 1 aromatic heterocycles. The van der Waals surface area contributed by atoms with E-state index in [1.807, 2.05) is 36.4 Å². The van der Waals surface area contributed by atoms with Crippen molar-refractivity contribution in [1.29, 1.82) is 0 Å². The molecule has 0 aliphatic rings. The summed E-state index contributed by atoms with van der Waals surface area (Å²) in [5.74, 6) is 1.68. The van der Waals surface area contributed by atoms with Crippen LogP contribution >= 0.6 is 23.1 Å². The highest BCUT2D eigenvalue weighted by Gasteiger charge is 2.08. The lowest BCUT2D eigenvalue weighted by Crippen LogP contribution is -2.15. The molecular formula is C20H22N2O2S2. The zero-order valence-electron chi connectivity index (χ0n) is 15.0. The predicted molar refractivity (Wildman–Crippen MR) is 109 cm³/mol. The average molecular weight is 387 g/mol. The fourth-order valence-corrected chi connectivity index (χ4v) is 4.68. The van der Waals surface area contributed by atoms with Gasteiger partial charge in [-0.05, 0) is 49.4 Å². The van der Waals surface area contributed by atoms with Crippen molar-refractivity contribution < 1.29 is 9.53 Å². The van der Waals surface area contributed by atoms with Gasteiger partial charge in [-0.25, -0.2) is 0 Å². The van der Waals surface area contributed by atoms with Gasteiger partial charge in [0.1, 0.15) is 5.75 Å². The summed E-state index contributed by atoms with van der Waals surface area (Å²) in [6, 6.07) is 16.2. The maximum atomic E-state index is 12.3. The van der Waals surface area contributed by atoms with Crippen LogP contribution in [0.4, 0.5) is 0 Å². The highest BCUT2D eigenvalue weighted by atomic mass is 32.2. The van der Waals surface area contributed by atoms with Crippen LogP contribution in [0, 0.1) is 0 Å². The van der Waals surface area contributed by atoms with Gasteiger partial charge in [0.05, 0.1) is 17.3 Å². The Morgan fingerprint density at radius 2 is 2.04 bits per heavy atom. The molecule has 26 heavy (non-hydrogen) atoms. The number of methoxy groups -OCH3 is 1. The van der Waals surface area contributed by atoms with Gasteiger partial charge in [-0.3, -0.25) is 4.79 Å². The molecule has 3 aromatic rings. The monoisotopic (exact) mass is 386 g/mol. The van der Waals surface area contributed by atoms with E-state index in [1.165, 1.54) is 16.2 Å². The number of ether oxygens (including phenoxy) is 1. The third-order valence-electron chi connectivity index (χ3n) is 3.97. The van der Waals surface area contributed by atoms with Gasteiger partial charge in [0.2, 0.25) is 5.91 Å². The van der Waals surface area contributed by atoms with Crippen molar-refractivity contribution in [3.05, 3.63) is 53.3 Å². The number of hydrogen-bond donors (Lipinski definition) is 0. The van der Waals surface area contributed by atoms with Crippen molar-refractivity contribution in [3.63, 3.8) is 0 Å². The summed E-state index contributed by atoms with van der Waals surface area (Å²) in [6.45, 7) is 2.85. The lowest BCUT2D eigenvalue weighted by atomic mass is 10.3. The van der Waals surface area contributed by atoms with E-state index >= 15 is 0 Å². The first-order valence-electron chi connectivity index (χ1n) is 8.64. The van der Waals surface area contributed by atoms with Crippen LogP contribution in [-0.4, -0.2) is 23.3 Å². The fraction of sp³-hybridized carbons (Fsp3) is 0.300. The van der Waals surface area contributed by atoms with E-state index in [4.69, 9.17) is 4.74 Å². The number of benzene rings is 2. The molecule has 0 aliphatic carbocycles. The highest BCUT2D eigenvalue weighted by Crippen LogP contribution is 2.23. The average Bonchev–Trinajstić information content (AvgIpc) is 3.01. The van der Waals surface area contributed by atoms with Gasteiger partial charge in [-0.2, -0.15) is 4.99 Å². The minimum absolute atomic E-state index is 0.0561. The van der Waals surface area contributed by atoms with Crippen LogP contribution in [0.1, 0.15) is 19.8 Å². The molecule has 0 bridgehead atoms. The maximum Gasteiger partial charge on any atom is 0.248 e. The van der Waals surface area contributed by atoms with Crippen LogP contribution in [0.5, 0.6) is 5.75 Å². The summed E-state index contributed by atoms with van der Waals surface area (Å²) in [4.78, 5) is 18.6. The molecule has 6 heteroatoms. The van der Waals surface area contributed by atoms with Gasteiger partial charge < -0.3 is 9.30 Å². The second kappa shape index (κ2) is 9.05. The standard InChI is InChI=1S/C20H22N2O2S2/c1-3-22-17-12-11-15(24-2)14-18(17)26-20(22)21-19(23)10-7-13-25-16-8-5-4-6-9-16/h4-6,8-9,11-12,14H,3,7,10,13H2,1-2H3. The molecule has 136 valence electrons. The Morgan fingerprint density at radius 1 is 1.23 bits per heavy atom. The third kappa shape index (κ3) is 4.56. The van der Waals surface area contributed by atoms with E-state index in [9.17, 15) is 4.79 Å². The molecule has 0 aliphatic heterocycles. The summed E-state index contributed by atoms with van der Waals surface area (Å²) in [6.07, 6.45) is 1.30. The van der Waals surface area contributed by atoms with E-state index in [1.54, 1.807) is 18.9 Å². The van der Waals surface area contributed by atoms with Crippen LogP contribution in [0.3, 0.4) is 0 Å². The molecule has 0 saturated carbocycles. The van der Waals surface area contributed by atoms with Crippen LogP contribution in [0.25, 0.3) is 10.2 Å². The van der Waals surface area contributed by atoms with Gasteiger partial charge >= 0.3 is 0 Å². The van der Waals surface area contributed by atoms with Crippen LogP contribution in [-0.2, 0) is 11.3 Å². The predicted octanol–water partition coefficient (Wildman–Crippen LogP) is 4.73. The third-order valence-corrected chi connectivity index (χ3v) is 6.11. The first-order valence-corrected chi connectivity index (χ1v) is 10.4. The number of aryl methyl sites for hydroxylation is 1. The molecule has 3 rings (SSSR count). The number of rotatable bonds is 7. The normalized spacial score (nSPS) is 11.8. The quantitative estimate of drug-likeness (QED) is 0.435. The van der Waals surface area contributed by atoms with Crippen LogP contribution in [0.2, 0.25) is 0 Å². The molecule has 1 amide bonds. The van der Waals surface area contributed by atoms with E-state index in [2.05, 4.69) is 28.6 Å². The molecule has 0 spiro atoms. The Kier molecular flexibility index (Phi) is 6.52. The van der Waals surface area contributed by atoms with Crippen LogP contribution < -0.4 is 9.54 Å². The number of thioether (sulfide) groups is 1. The minimum Gasteiger partial charge on any atom is -0.497 e. The Bertz CT molecular complexity index is 945. The Hall–Kier alpha value is -2.05. The fourth-order valence-electron chi connectivity index (χ4n) is 2.66. The largest absolute Gasteiger partial charge is 0.497 e. The molecular weight excluding hydrogens is 364 g/mol. The zero-order chi connectivity index (χ0) is 18.4. The lowest BCUT2D eigenvalue weighted by Gasteiger charge is -2.02. The van der Waals surface area contributed by atoms with Crippen molar-refractivity contribution in [1.82, 2.24) is 4.57 Å². The molecule has 1 heterocycles. The molecule has 2 aromatic carbocycles. The summed E-state index contributed by atoms with van der Waals surface area (Å²) < 4.78 is 8.45. The first kappa shape index (κ1) is 18.7. The second-order valence-electron chi connectivity index (χ2n) is 5.73. The topological polar surface area (TPSA) is 43.6 Å². The molecule has 0 radical (unpaired) electrons. The van der Waals surface area contributed by atoms with Crippen molar-refractivity contribution in [2.75, 3.05) is 12.9 Å². The smallest absolute Gasteiger partial charge is 0.248 e. The van der Waals surface area contributed by atoms with Crippen molar-refractivity contribution in [2.45, 2.75) is 31.2 Å². The summed E-state index contributed by atoms with van der Waals surface area (Å²) in [5, 5.41) is 0. The maximum absolute atomic E-state index is 12.3. The number of carbonyl (C=O) groups excluding carboxylic acids is 1. The van der Waals surface area contributed by atoms with Crippen molar-refractivity contribution in [2.24, 2.45) is 4.99 Å². The summed E-state index contributed by atoms with van der Waals surface area (Å²) in [5.41, 5.74) is 1.09. The van der Waals surface area contributed by atoms with Gasteiger partial charge in [0.25, 0.3) is 0 Å². The minimum atomic E-state index is -0.0561. The first-order chi connectivity index (χ1) is 12.7. The van der Waals surface area contributed by atoms with Crippen LogP contribution in [0.15, 0.2) is 58.4 Å². The molecule has 4 nitrogen and oxygen atoms in total. The lowest BCUT2D eigenvalue weighted by molar-refractivity contribution is -0.118. The SMILES string of the molecule is CCn1c(=NC(=O)CCCSc2ccccc2)sc2cc(OC)ccc21. The van der Waals surface area contributed by atoms with Crippen molar-refractivity contribution >= 4 is 39.2 Å². The summed E-state index contributed by atoms with van der Waals surface area (Å²) in [7, 11) is 1.66. The Labute approximate surface area is 161 Å². The number of hydrogen-bond acceptors (Lipinski definition) is 4. The molecule has 0 unspecified atom stereocenters. The zero-order valence-corrected chi connectivity index (χ0v) is 16.6. The second-order valence-corrected chi connectivity index (χ2v) is 7.91. The van der Waals surface area contributed by atoms with E-state index in [0.717, 1.165) is 39.5 Å². The summed E-state index contributed by atoms with van der Waals surface area (Å²) >= 11 is 3.31. The number of thiazole rings is 1. The van der Waals surface area contributed by atoms with E-state index < -0.39 is 0 Å². The molecule has 0 N–H and O–H groups in total. The van der Waals surface area contributed by atoms with E-state index in [-0.39, 0.29) is 5.91 Å². The molecule has 0 atom stereocenters. The molecule has 0 fully saturated rings. The van der Waals surface area contributed by atoms with Gasteiger partial charge in [-0.15, -0.1) is 11.8 Å². The van der Waals surface area contributed by atoms with E-state index in [0.29, 0.717) is 6.42 Å². The number of fused-ring (bicyclic) bond motifs is 1. The number of aromatic nitrogens is 1. The number of amides is 1. The number of carbonyl (C=O) groups is 1. The highest BCUT2D eigenvalue weighted by molar-refractivity contribution is 7.99. The Balaban J connectivity index is 1.67. The number of nitrogens with zero attached hydrogens (tertiary/aromatic N) is 2. The van der Waals surface area contributed by atoms with Gasteiger partial charge in [0, 0.05) is 17.9 Å².